The number of hydrogen-bond acceptors (Lipinski definition) is 5. The Balaban J connectivity index is 1.78. The first-order chi connectivity index (χ1) is 13.6. The highest BCUT2D eigenvalue weighted by molar-refractivity contribution is 6.33. The molecule has 5 nitrogen and oxygen atoms in total. The molecule has 0 aliphatic heterocycles. The second kappa shape index (κ2) is 6.70. The van der Waals surface area contributed by atoms with E-state index in [4.69, 9.17) is 20.5 Å². The minimum absolute atomic E-state index is 0.0251. The number of ketones is 1. The summed E-state index contributed by atoms with van der Waals surface area (Å²) in [6.45, 7) is 1.38. The van der Waals surface area contributed by atoms with Gasteiger partial charge in [-0.2, -0.15) is 18.2 Å². The van der Waals surface area contributed by atoms with Crippen LogP contribution in [0.3, 0.4) is 0 Å². The van der Waals surface area contributed by atoms with Crippen LogP contribution in [-0.2, 0) is 6.18 Å². The molecule has 0 N–H and O–H groups in total. The number of Topliss-reactive ketones (excluding diaryl/α,β-unsaturated/α-hetero) is 1. The molecule has 2 heterocycles. The van der Waals surface area contributed by atoms with Gasteiger partial charge in [0.2, 0.25) is 5.82 Å². The van der Waals surface area contributed by atoms with Crippen molar-refractivity contribution in [3.8, 4) is 23.0 Å². The summed E-state index contributed by atoms with van der Waals surface area (Å²) < 4.78 is 63.7. The van der Waals surface area contributed by atoms with Crippen LogP contribution >= 0.6 is 11.6 Å². The average molecular weight is 425 g/mol. The van der Waals surface area contributed by atoms with Gasteiger partial charge in [0.1, 0.15) is 0 Å². The number of aromatic nitrogens is 2. The van der Waals surface area contributed by atoms with Crippen LogP contribution in [0.2, 0.25) is 5.02 Å². The van der Waals surface area contributed by atoms with Crippen LogP contribution < -0.4 is 0 Å². The number of halogens is 5. The van der Waals surface area contributed by atoms with E-state index in [2.05, 4.69) is 10.1 Å². The first-order valence-corrected chi connectivity index (χ1v) is 8.47. The fourth-order valence-electron chi connectivity index (χ4n) is 2.79. The monoisotopic (exact) mass is 424 g/mol. The van der Waals surface area contributed by atoms with E-state index < -0.39 is 28.5 Å². The summed E-state index contributed by atoms with van der Waals surface area (Å²) in [6, 6.07) is 6.75. The molecule has 2 aromatic heterocycles. The summed E-state index contributed by atoms with van der Waals surface area (Å²) >= 11 is 6.15. The number of fused-ring (bicyclic) bond motifs is 1. The Morgan fingerprint density at radius 3 is 2.55 bits per heavy atom. The third-order valence-corrected chi connectivity index (χ3v) is 4.51. The van der Waals surface area contributed by atoms with Crippen LogP contribution in [0.5, 0.6) is 0 Å². The third kappa shape index (κ3) is 3.38. The molecule has 0 radical (unpaired) electrons. The molecule has 10 heteroatoms. The van der Waals surface area contributed by atoms with E-state index in [1.807, 2.05) is 0 Å². The van der Waals surface area contributed by atoms with E-state index >= 15 is 0 Å². The predicted octanol–water partition coefficient (Wildman–Crippen LogP) is 6.16. The lowest BCUT2D eigenvalue weighted by Crippen LogP contribution is -2.05. The Morgan fingerprint density at radius 2 is 1.90 bits per heavy atom. The molecule has 0 spiro atoms. The molecule has 0 amide bonds. The highest BCUT2D eigenvalue weighted by Crippen LogP contribution is 2.39. The maximum absolute atomic E-state index is 13.9. The molecule has 0 saturated heterocycles. The van der Waals surface area contributed by atoms with Gasteiger partial charge >= 0.3 is 6.18 Å². The first-order valence-electron chi connectivity index (χ1n) is 8.09. The lowest BCUT2D eigenvalue weighted by Gasteiger charge is -2.06. The van der Waals surface area contributed by atoms with Crippen LogP contribution in [0.25, 0.3) is 34.0 Å². The van der Waals surface area contributed by atoms with Gasteiger partial charge in [0.15, 0.2) is 22.9 Å². The Morgan fingerprint density at radius 1 is 1.14 bits per heavy atom. The number of furan rings is 1. The van der Waals surface area contributed by atoms with Crippen LogP contribution in [0.4, 0.5) is 17.6 Å². The number of benzene rings is 2. The van der Waals surface area contributed by atoms with Crippen molar-refractivity contribution in [1.29, 1.82) is 0 Å². The van der Waals surface area contributed by atoms with Gasteiger partial charge in [-0.05, 0) is 37.3 Å². The van der Waals surface area contributed by atoms with E-state index in [-0.39, 0.29) is 28.3 Å². The van der Waals surface area contributed by atoms with Crippen molar-refractivity contribution in [3.05, 3.63) is 58.4 Å². The third-order valence-electron chi connectivity index (χ3n) is 4.19. The van der Waals surface area contributed by atoms with E-state index in [0.717, 1.165) is 6.07 Å². The number of nitrogens with zero attached hydrogens (tertiary/aromatic N) is 2. The average Bonchev–Trinajstić information content (AvgIpc) is 3.28. The van der Waals surface area contributed by atoms with Crippen molar-refractivity contribution in [3.63, 3.8) is 0 Å². The molecule has 2 aromatic carbocycles. The highest BCUT2D eigenvalue weighted by atomic mass is 35.5. The smallest absolute Gasteiger partial charge is 0.417 e. The summed E-state index contributed by atoms with van der Waals surface area (Å²) in [5.41, 5.74) is -0.898. The van der Waals surface area contributed by atoms with Crippen LogP contribution in [0, 0.1) is 5.82 Å². The fourth-order valence-corrected chi connectivity index (χ4v) is 3.06. The largest absolute Gasteiger partial charge is 0.448 e. The van der Waals surface area contributed by atoms with Crippen molar-refractivity contribution in [2.45, 2.75) is 13.1 Å². The summed E-state index contributed by atoms with van der Waals surface area (Å²) in [4.78, 5) is 15.5. The number of rotatable bonds is 3. The molecule has 0 atom stereocenters. The van der Waals surface area contributed by atoms with Gasteiger partial charge in [0, 0.05) is 16.5 Å². The summed E-state index contributed by atoms with van der Waals surface area (Å²) in [6.07, 6.45) is -4.70. The molecular formula is C19H9ClF4N2O3. The van der Waals surface area contributed by atoms with Gasteiger partial charge in [0.05, 0.1) is 10.6 Å². The predicted molar refractivity (Wildman–Crippen MR) is 94.9 cm³/mol. The Hall–Kier alpha value is -3.20. The first kappa shape index (κ1) is 19.1. The second-order valence-electron chi connectivity index (χ2n) is 6.12. The molecule has 4 rings (SSSR count). The lowest BCUT2D eigenvalue weighted by atomic mass is 10.1. The molecule has 0 fully saturated rings. The molecule has 0 aliphatic rings. The van der Waals surface area contributed by atoms with Crippen molar-refractivity contribution in [1.82, 2.24) is 10.1 Å². The summed E-state index contributed by atoms with van der Waals surface area (Å²) in [5, 5.41) is 3.45. The van der Waals surface area contributed by atoms with Crippen molar-refractivity contribution >= 4 is 28.4 Å². The number of alkyl halides is 3. The van der Waals surface area contributed by atoms with Gasteiger partial charge in [-0.3, -0.25) is 4.79 Å². The van der Waals surface area contributed by atoms with E-state index in [0.29, 0.717) is 23.3 Å². The maximum atomic E-state index is 13.9. The minimum Gasteiger partial charge on any atom is -0.448 e. The van der Waals surface area contributed by atoms with Gasteiger partial charge in [-0.1, -0.05) is 22.8 Å². The molecule has 4 aromatic rings. The Labute approximate surface area is 164 Å². The minimum atomic E-state index is -4.70. The van der Waals surface area contributed by atoms with Gasteiger partial charge in [-0.15, -0.1) is 0 Å². The van der Waals surface area contributed by atoms with Gasteiger partial charge in [-0.25, -0.2) is 4.39 Å². The number of hydrogen-bond donors (Lipinski definition) is 0. The van der Waals surface area contributed by atoms with Gasteiger partial charge in [0.25, 0.3) is 5.89 Å². The SMILES string of the molecule is CC(=O)c1ccc(-c2noc(-c3cc4c(C(F)(F)F)ccc(F)c4o3)n2)c(Cl)c1. The molecule has 0 bridgehead atoms. The quantitative estimate of drug-likeness (QED) is 0.291. The van der Waals surface area contributed by atoms with Crippen LogP contribution in [0.15, 0.2) is 45.3 Å². The van der Waals surface area contributed by atoms with E-state index in [9.17, 15) is 22.4 Å². The molecule has 148 valence electrons. The van der Waals surface area contributed by atoms with E-state index in [1.54, 1.807) is 0 Å². The van der Waals surface area contributed by atoms with Crippen molar-refractivity contribution < 1.29 is 31.3 Å². The van der Waals surface area contributed by atoms with Gasteiger partial charge < -0.3 is 8.94 Å². The lowest BCUT2D eigenvalue weighted by molar-refractivity contribution is -0.136. The molecule has 0 saturated carbocycles. The highest BCUT2D eigenvalue weighted by Gasteiger charge is 2.34. The normalized spacial score (nSPS) is 11.9. The maximum Gasteiger partial charge on any atom is 0.417 e. The summed E-state index contributed by atoms with van der Waals surface area (Å²) in [5.74, 6) is -1.60. The summed E-state index contributed by atoms with van der Waals surface area (Å²) in [7, 11) is 0. The zero-order valence-electron chi connectivity index (χ0n) is 14.5. The van der Waals surface area contributed by atoms with Crippen LogP contribution in [-0.4, -0.2) is 15.9 Å². The molecule has 0 unspecified atom stereocenters. The zero-order valence-corrected chi connectivity index (χ0v) is 15.2. The molecular weight excluding hydrogens is 416 g/mol. The van der Waals surface area contributed by atoms with Crippen LogP contribution in [0.1, 0.15) is 22.8 Å². The Kier molecular flexibility index (Phi) is 4.42. The standard InChI is InChI=1S/C19H9ClF4N2O3/c1-8(27)9-2-3-10(13(20)6-9)17-25-18(29-26-17)15-7-11-12(19(22,23)24)4-5-14(21)16(11)28-15/h2-7H,1H3. The number of carbonyl (C=O) groups excluding carboxylic acids is 1. The topological polar surface area (TPSA) is 69.1 Å². The van der Waals surface area contributed by atoms with Crippen molar-refractivity contribution in [2.24, 2.45) is 0 Å². The van der Waals surface area contributed by atoms with E-state index in [1.165, 1.54) is 25.1 Å². The number of carbonyl (C=O) groups is 1. The molecule has 29 heavy (non-hydrogen) atoms. The zero-order chi connectivity index (χ0) is 20.9. The van der Waals surface area contributed by atoms with Crippen molar-refractivity contribution in [2.75, 3.05) is 0 Å². The second-order valence-corrected chi connectivity index (χ2v) is 6.53. The fraction of sp³-hybridized carbons (Fsp3) is 0.105. The Bertz CT molecular complexity index is 1260. The molecule has 0 aliphatic carbocycles.